The van der Waals surface area contributed by atoms with Crippen molar-refractivity contribution in [2.45, 2.75) is 18.2 Å². The molecule has 0 aliphatic rings. The third kappa shape index (κ3) is 5.27. The number of benzene rings is 2. The fraction of sp³-hybridized carbons (Fsp3) is 0.188. The van der Waals surface area contributed by atoms with Crippen LogP contribution >= 0.6 is 15.9 Å². The van der Waals surface area contributed by atoms with Gasteiger partial charge in [-0.25, -0.2) is 4.83 Å². The van der Waals surface area contributed by atoms with Crippen molar-refractivity contribution < 1.29 is 18.1 Å². The van der Waals surface area contributed by atoms with Gasteiger partial charge < -0.3 is 4.74 Å². The monoisotopic (exact) mass is 441 g/mol. The first-order valence-electron chi connectivity index (χ1n) is 7.55. The van der Waals surface area contributed by atoms with Crippen LogP contribution in [0.2, 0.25) is 0 Å². The average Bonchev–Trinajstić information content (AvgIpc) is 2.60. The van der Waals surface area contributed by atoms with E-state index >= 15 is 0 Å². The molecular formula is C16H16BrN3O5S. The minimum Gasteiger partial charge on any atom is -0.487 e. The van der Waals surface area contributed by atoms with Crippen LogP contribution in [0.1, 0.15) is 18.9 Å². The molecule has 8 nitrogen and oxygen atoms in total. The fourth-order valence-corrected chi connectivity index (χ4v) is 2.98. The third-order valence-electron chi connectivity index (χ3n) is 3.15. The lowest BCUT2D eigenvalue weighted by molar-refractivity contribution is -0.385. The molecule has 0 atom stereocenters. The Morgan fingerprint density at radius 2 is 1.96 bits per heavy atom. The summed E-state index contributed by atoms with van der Waals surface area (Å²) >= 11 is 3.23. The second-order valence-electron chi connectivity index (χ2n) is 5.14. The molecule has 2 aromatic carbocycles. The maximum absolute atomic E-state index is 12.1. The molecule has 0 radical (unpaired) electrons. The van der Waals surface area contributed by atoms with Gasteiger partial charge in [-0.1, -0.05) is 22.9 Å². The van der Waals surface area contributed by atoms with Crippen LogP contribution < -0.4 is 9.57 Å². The number of nitrogens with one attached hydrogen (secondary N) is 1. The molecule has 0 unspecified atom stereocenters. The van der Waals surface area contributed by atoms with Crippen LogP contribution in [0.4, 0.5) is 5.69 Å². The van der Waals surface area contributed by atoms with Gasteiger partial charge in [0, 0.05) is 16.1 Å². The molecule has 0 aromatic heterocycles. The van der Waals surface area contributed by atoms with Crippen molar-refractivity contribution in [3.63, 3.8) is 0 Å². The minimum absolute atomic E-state index is 0.0483. The summed E-state index contributed by atoms with van der Waals surface area (Å²) < 4.78 is 30.3. The molecule has 0 spiro atoms. The van der Waals surface area contributed by atoms with Crippen molar-refractivity contribution in [2.24, 2.45) is 5.10 Å². The fourth-order valence-electron chi connectivity index (χ4n) is 1.93. The maximum Gasteiger partial charge on any atom is 0.311 e. The van der Waals surface area contributed by atoms with Crippen molar-refractivity contribution in [1.82, 2.24) is 4.83 Å². The summed E-state index contributed by atoms with van der Waals surface area (Å²) in [6.45, 7) is 2.26. The third-order valence-corrected chi connectivity index (χ3v) is 4.92. The highest BCUT2D eigenvalue weighted by molar-refractivity contribution is 9.10. The topological polar surface area (TPSA) is 111 Å². The van der Waals surface area contributed by atoms with Gasteiger partial charge in [0.2, 0.25) is 0 Å². The molecule has 1 N–H and O–H groups in total. The first-order chi connectivity index (χ1) is 12.3. The van der Waals surface area contributed by atoms with Crippen LogP contribution in [-0.2, 0) is 10.0 Å². The van der Waals surface area contributed by atoms with Gasteiger partial charge in [0.1, 0.15) is 0 Å². The van der Waals surface area contributed by atoms with E-state index in [-0.39, 0.29) is 16.3 Å². The molecule has 10 heteroatoms. The Kier molecular flexibility index (Phi) is 6.70. The molecule has 0 bridgehead atoms. The Balaban J connectivity index is 2.15. The lowest BCUT2D eigenvalue weighted by atomic mass is 10.2. The summed E-state index contributed by atoms with van der Waals surface area (Å²) in [5.74, 6) is 0.157. The van der Waals surface area contributed by atoms with Gasteiger partial charge in [-0.15, -0.1) is 0 Å². The van der Waals surface area contributed by atoms with Crippen molar-refractivity contribution in [1.29, 1.82) is 0 Å². The SMILES string of the molecule is CCCOc1ccc(/C=N/NS(=O)(=O)c2ccc(Br)cc2)cc1[N+](=O)[O-]. The molecule has 0 saturated carbocycles. The first-order valence-corrected chi connectivity index (χ1v) is 9.83. The van der Waals surface area contributed by atoms with Crippen LogP contribution in [0.5, 0.6) is 5.75 Å². The maximum atomic E-state index is 12.1. The summed E-state index contributed by atoms with van der Waals surface area (Å²) in [6, 6.07) is 10.3. The van der Waals surface area contributed by atoms with Crippen LogP contribution in [0.15, 0.2) is 56.9 Å². The van der Waals surface area contributed by atoms with Gasteiger partial charge in [0.25, 0.3) is 10.0 Å². The van der Waals surface area contributed by atoms with Gasteiger partial charge >= 0.3 is 5.69 Å². The summed E-state index contributed by atoms with van der Waals surface area (Å²) in [4.78, 5) is 12.7. The molecule has 0 heterocycles. The van der Waals surface area contributed by atoms with Crippen molar-refractivity contribution in [3.8, 4) is 5.75 Å². The van der Waals surface area contributed by atoms with Gasteiger partial charge in [0.15, 0.2) is 5.75 Å². The molecule has 0 fully saturated rings. The van der Waals surface area contributed by atoms with E-state index in [0.29, 0.717) is 12.2 Å². The predicted octanol–water partition coefficient (Wildman–Crippen LogP) is 3.46. The smallest absolute Gasteiger partial charge is 0.311 e. The van der Waals surface area contributed by atoms with E-state index < -0.39 is 14.9 Å². The van der Waals surface area contributed by atoms with E-state index in [0.717, 1.165) is 10.9 Å². The highest BCUT2D eigenvalue weighted by atomic mass is 79.9. The highest BCUT2D eigenvalue weighted by Gasteiger charge is 2.16. The number of sulfonamides is 1. The molecule has 0 aliphatic heterocycles. The molecule has 138 valence electrons. The van der Waals surface area contributed by atoms with E-state index in [4.69, 9.17) is 4.74 Å². The number of rotatable bonds is 8. The molecule has 0 amide bonds. The van der Waals surface area contributed by atoms with Crippen LogP contribution in [-0.4, -0.2) is 26.2 Å². The Morgan fingerprint density at radius 3 is 2.58 bits per heavy atom. The highest BCUT2D eigenvalue weighted by Crippen LogP contribution is 2.27. The van der Waals surface area contributed by atoms with Gasteiger partial charge in [-0.3, -0.25) is 10.1 Å². The second kappa shape index (κ2) is 8.77. The quantitative estimate of drug-likeness (QED) is 0.383. The number of ether oxygens (including phenoxy) is 1. The van der Waals surface area contributed by atoms with Gasteiger partial charge in [-0.2, -0.15) is 13.5 Å². The number of nitrogens with zero attached hydrogens (tertiary/aromatic N) is 2. The Hall–Kier alpha value is -2.46. The standard InChI is InChI=1S/C16H16BrN3O5S/c1-2-9-25-16-8-3-12(10-15(16)20(21)22)11-18-19-26(23,24)14-6-4-13(17)5-7-14/h3-8,10-11,19H,2,9H2,1H3/b18-11+. The van der Waals surface area contributed by atoms with Crippen LogP contribution in [0.3, 0.4) is 0 Å². The number of halogens is 1. The van der Waals surface area contributed by atoms with Crippen molar-refractivity contribution in [2.75, 3.05) is 6.61 Å². The Labute approximate surface area is 159 Å². The zero-order valence-corrected chi connectivity index (χ0v) is 16.2. The summed E-state index contributed by atoms with van der Waals surface area (Å²) in [7, 11) is -3.82. The first kappa shape index (κ1) is 19.9. The lowest BCUT2D eigenvalue weighted by Crippen LogP contribution is -2.18. The van der Waals surface area contributed by atoms with Crippen molar-refractivity contribution >= 4 is 37.9 Å². The number of hydrazone groups is 1. The zero-order chi connectivity index (χ0) is 19.2. The molecular weight excluding hydrogens is 426 g/mol. The molecule has 2 rings (SSSR count). The number of nitro benzene ring substituents is 1. The van der Waals surface area contributed by atoms with Crippen molar-refractivity contribution in [3.05, 3.63) is 62.6 Å². The van der Waals surface area contributed by atoms with Crippen LogP contribution in [0, 0.1) is 10.1 Å². The second-order valence-corrected chi connectivity index (χ2v) is 7.72. The predicted molar refractivity (Wildman–Crippen MR) is 101 cm³/mol. The number of hydrogen-bond donors (Lipinski definition) is 1. The molecule has 26 heavy (non-hydrogen) atoms. The summed E-state index contributed by atoms with van der Waals surface area (Å²) in [5, 5.41) is 14.8. The van der Waals surface area contributed by atoms with E-state index in [9.17, 15) is 18.5 Å². The van der Waals surface area contributed by atoms with Gasteiger partial charge in [0.05, 0.1) is 22.6 Å². The van der Waals surface area contributed by atoms with E-state index in [1.807, 2.05) is 6.92 Å². The largest absolute Gasteiger partial charge is 0.487 e. The van der Waals surface area contributed by atoms with E-state index in [1.54, 1.807) is 18.2 Å². The molecule has 2 aromatic rings. The number of hydrogen-bond acceptors (Lipinski definition) is 6. The van der Waals surface area contributed by atoms with E-state index in [1.165, 1.54) is 30.5 Å². The van der Waals surface area contributed by atoms with E-state index in [2.05, 4.69) is 25.9 Å². The normalized spacial score (nSPS) is 11.5. The minimum atomic E-state index is -3.82. The van der Waals surface area contributed by atoms with Gasteiger partial charge in [-0.05, 0) is 42.8 Å². The molecule has 0 saturated heterocycles. The summed E-state index contributed by atoms with van der Waals surface area (Å²) in [5.41, 5.74) is 0.150. The van der Waals surface area contributed by atoms with Crippen LogP contribution in [0.25, 0.3) is 0 Å². The lowest BCUT2D eigenvalue weighted by Gasteiger charge is -2.06. The Morgan fingerprint density at radius 1 is 1.27 bits per heavy atom. The average molecular weight is 442 g/mol. The number of nitro groups is 1. The zero-order valence-electron chi connectivity index (χ0n) is 13.8. The Bertz CT molecular complexity index is 914. The molecule has 0 aliphatic carbocycles. The summed E-state index contributed by atoms with van der Waals surface area (Å²) in [6.07, 6.45) is 1.91.